The summed E-state index contributed by atoms with van der Waals surface area (Å²) in [5.41, 5.74) is 1.15. The van der Waals surface area contributed by atoms with E-state index in [0.29, 0.717) is 5.56 Å². The molecule has 1 aliphatic rings. The first kappa shape index (κ1) is 17.3. The molecule has 1 aromatic rings. The van der Waals surface area contributed by atoms with Gasteiger partial charge in [-0.05, 0) is 37.6 Å². The van der Waals surface area contributed by atoms with Crippen LogP contribution < -0.4 is 5.32 Å². The third-order valence-electron chi connectivity index (χ3n) is 4.01. The molecular formula is C16H18F3N3O. The van der Waals surface area contributed by atoms with Gasteiger partial charge in [0.25, 0.3) is 5.91 Å². The summed E-state index contributed by atoms with van der Waals surface area (Å²) in [6, 6.07) is 6.94. The minimum atomic E-state index is -4.24. The molecule has 1 N–H and O–H groups in total. The lowest BCUT2D eigenvalue weighted by molar-refractivity contribution is -0.188. The number of nitriles is 1. The topological polar surface area (TPSA) is 56.1 Å². The van der Waals surface area contributed by atoms with Crippen LogP contribution >= 0.6 is 0 Å². The second-order valence-corrected chi connectivity index (χ2v) is 5.78. The van der Waals surface area contributed by atoms with Crippen molar-refractivity contribution in [2.45, 2.75) is 37.5 Å². The van der Waals surface area contributed by atoms with Crippen molar-refractivity contribution in [3.63, 3.8) is 0 Å². The van der Waals surface area contributed by atoms with Crippen molar-refractivity contribution in [2.75, 3.05) is 13.6 Å². The fourth-order valence-corrected chi connectivity index (χ4v) is 2.86. The molecule has 2 rings (SSSR count). The Morgan fingerprint density at radius 1 is 1.43 bits per heavy atom. The Balaban J connectivity index is 1.97. The third kappa shape index (κ3) is 4.45. The van der Waals surface area contributed by atoms with Crippen LogP contribution in [0.3, 0.4) is 0 Å². The monoisotopic (exact) mass is 325 g/mol. The van der Waals surface area contributed by atoms with Crippen molar-refractivity contribution >= 4 is 5.91 Å². The van der Waals surface area contributed by atoms with Gasteiger partial charge in [0.05, 0.1) is 12.5 Å². The number of hydrogen-bond donors (Lipinski definition) is 1. The van der Waals surface area contributed by atoms with Crippen LogP contribution in [0.15, 0.2) is 24.3 Å². The number of alkyl halides is 3. The second kappa shape index (κ2) is 7.01. The fraction of sp³-hybridized carbons (Fsp3) is 0.500. The van der Waals surface area contributed by atoms with E-state index in [9.17, 15) is 18.0 Å². The zero-order valence-electron chi connectivity index (χ0n) is 12.7. The molecule has 0 radical (unpaired) electrons. The molecule has 0 saturated carbocycles. The first-order chi connectivity index (χ1) is 10.8. The highest BCUT2D eigenvalue weighted by molar-refractivity contribution is 5.94. The Hall–Kier alpha value is -2.07. The zero-order valence-corrected chi connectivity index (χ0v) is 12.7. The molecule has 0 unspecified atom stereocenters. The number of benzene rings is 1. The normalized spacial score (nSPS) is 22.4. The van der Waals surface area contributed by atoms with E-state index in [4.69, 9.17) is 5.26 Å². The number of piperidine rings is 1. The summed E-state index contributed by atoms with van der Waals surface area (Å²) in [4.78, 5) is 13.5. The Morgan fingerprint density at radius 2 is 2.17 bits per heavy atom. The standard InChI is InChI=1S/C16H18F3N3O/c1-22-10-13(5-6-14(22)16(17,18)19)21-15(23)12-4-2-3-11(9-12)7-8-20/h2-4,9,13-14H,5-7,10H2,1H3,(H,21,23)/t13-,14+/m0/s1. The van der Waals surface area contributed by atoms with Crippen LogP contribution in [0.5, 0.6) is 0 Å². The summed E-state index contributed by atoms with van der Waals surface area (Å²) < 4.78 is 38.4. The molecule has 0 aromatic heterocycles. The molecule has 1 heterocycles. The van der Waals surface area contributed by atoms with E-state index in [1.54, 1.807) is 24.3 Å². The average molecular weight is 325 g/mol. The van der Waals surface area contributed by atoms with Gasteiger partial charge in [0.1, 0.15) is 6.04 Å². The lowest BCUT2D eigenvalue weighted by Gasteiger charge is -2.38. The lowest BCUT2D eigenvalue weighted by atomic mass is 9.98. The predicted octanol–water partition coefficient (Wildman–Crippen LogP) is 2.51. The third-order valence-corrected chi connectivity index (χ3v) is 4.01. The minimum absolute atomic E-state index is 0.0284. The summed E-state index contributed by atoms with van der Waals surface area (Å²) in [5, 5.41) is 11.5. The molecule has 1 fully saturated rings. The smallest absolute Gasteiger partial charge is 0.348 e. The highest BCUT2D eigenvalue weighted by atomic mass is 19.4. The predicted molar refractivity (Wildman–Crippen MR) is 78.7 cm³/mol. The first-order valence-corrected chi connectivity index (χ1v) is 7.35. The SMILES string of the molecule is CN1C[C@@H](NC(=O)c2cccc(CC#N)c2)CC[C@@H]1C(F)(F)F. The molecule has 124 valence electrons. The number of amides is 1. The van der Waals surface area contributed by atoms with Crippen LogP contribution in [0.1, 0.15) is 28.8 Å². The summed E-state index contributed by atoms with van der Waals surface area (Å²) in [6.07, 6.45) is -3.77. The van der Waals surface area contributed by atoms with Gasteiger partial charge in [0.15, 0.2) is 0 Å². The van der Waals surface area contributed by atoms with Crippen LogP contribution in [-0.4, -0.2) is 42.7 Å². The van der Waals surface area contributed by atoms with Gasteiger partial charge < -0.3 is 5.32 Å². The maximum absolute atomic E-state index is 12.8. The van der Waals surface area contributed by atoms with Gasteiger partial charge in [0, 0.05) is 18.2 Å². The molecule has 1 amide bonds. The van der Waals surface area contributed by atoms with Gasteiger partial charge in [-0.1, -0.05) is 12.1 Å². The van der Waals surface area contributed by atoms with Crippen LogP contribution in [-0.2, 0) is 6.42 Å². The zero-order chi connectivity index (χ0) is 17.0. The summed E-state index contributed by atoms with van der Waals surface area (Å²) in [6.45, 7) is 0.161. The maximum Gasteiger partial charge on any atom is 0.404 e. The number of carbonyl (C=O) groups is 1. The Morgan fingerprint density at radius 3 is 2.78 bits per heavy atom. The van der Waals surface area contributed by atoms with Gasteiger partial charge in [-0.15, -0.1) is 0 Å². The highest BCUT2D eigenvalue weighted by Crippen LogP contribution is 2.30. The molecule has 2 atom stereocenters. The average Bonchev–Trinajstić information content (AvgIpc) is 2.46. The van der Waals surface area contributed by atoms with E-state index in [0.717, 1.165) is 5.56 Å². The summed E-state index contributed by atoms with van der Waals surface area (Å²) in [7, 11) is 1.42. The fourth-order valence-electron chi connectivity index (χ4n) is 2.86. The highest BCUT2D eigenvalue weighted by Gasteiger charge is 2.44. The van der Waals surface area contributed by atoms with E-state index < -0.39 is 12.2 Å². The minimum Gasteiger partial charge on any atom is -0.348 e. The maximum atomic E-state index is 12.8. The number of rotatable bonds is 3. The van der Waals surface area contributed by atoms with Crippen molar-refractivity contribution in [1.82, 2.24) is 10.2 Å². The molecule has 1 aliphatic heterocycles. The largest absolute Gasteiger partial charge is 0.404 e. The number of carbonyl (C=O) groups excluding carboxylic acids is 1. The molecule has 1 saturated heterocycles. The van der Waals surface area contributed by atoms with Crippen LogP contribution in [0.2, 0.25) is 0 Å². The Bertz CT molecular complexity index is 609. The number of halogens is 3. The van der Waals surface area contributed by atoms with Crippen molar-refractivity contribution < 1.29 is 18.0 Å². The van der Waals surface area contributed by atoms with E-state index >= 15 is 0 Å². The van der Waals surface area contributed by atoms with Crippen molar-refractivity contribution in [1.29, 1.82) is 5.26 Å². The number of nitrogens with zero attached hydrogens (tertiary/aromatic N) is 2. The van der Waals surface area contributed by atoms with Gasteiger partial charge in [0.2, 0.25) is 0 Å². The molecule has 1 aromatic carbocycles. The van der Waals surface area contributed by atoms with Gasteiger partial charge in [-0.2, -0.15) is 18.4 Å². The number of likely N-dealkylation sites (N-methyl/N-ethyl adjacent to an activating group) is 1. The molecule has 23 heavy (non-hydrogen) atoms. The van der Waals surface area contributed by atoms with Gasteiger partial charge >= 0.3 is 6.18 Å². The van der Waals surface area contributed by atoms with Gasteiger partial charge in [-0.3, -0.25) is 9.69 Å². The quantitative estimate of drug-likeness (QED) is 0.929. The van der Waals surface area contributed by atoms with Crippen LogP contribution in [0.4, 0.5) is 13.2 Å². The van der Waals surface area contributed by atoms with E-state index in [1.807, 2.05) is 6.07 Å². The molecular weight excluding hydrogens is 307 g/mol. The first-order valence-electron chi connectivity index (χ1n) is 7.35. The molecule has 0 spiro atoms. The van der Waals surface area contributed by atoms with Gasteiger partial charge in [-0.25, -0.2) is 0 Å². The second-order valence-electron chi connectivity index (χ2n) is 5.78. The van der Waals surface area contributed by atoms with E-state index in [1.165, 1.54) is 11.9 Å². The summed E-state index contributed by atoms with van der Waals surface area (Å²) >= 11 is 0. The molecule has 0 aliphatic carbocycles. The Labute approximate surface area is 132 Å². The summed E-state index contributed by atoms with van der Waals surface area (Å²) in [5.74, 6) is -0.325. The number of nitrogens with one attached hydrogen (secondary N) is 1. The van der Waals surface area contributed by atoms with Crippen LogP contribution in [0, 0.1) is 11.3 Å². The molecule has 7 heteroatoms. The number of hydrogen-bond acceptors (Lipinski definition) is 3. The van der Waals surface area contributed by atoms with Crippen molar-refractivity contribution in [3.05, 3.63) is 35.4 Å². The van der Waals surface area contributed by atoms with E-state index in [-0.39, 0.29) is 37.8 Å². The van der Waals surface area contributed by atoms with Crippen molar-refractivity contribution in [3.8, 4) is 6.07 Å². The Kier molecular flexibility index (Phi) is 5.26. The molecule has 0 bridgehead atoms. The lowest BCUT2D eigenvalue weighted by Crippen LogP contribution is -2.54. The van der Waals surface area contributed by atoms with Crippen LogP contribution in [0.25, 0.3) is 0 Å². The molecule has 4 nitrogen and oxygen atoms in total. The number of likely N-dealkylation sites (tertiary alicyclic amines) is 1. The van der Waals surface area contributed by atoms with E-state index in [2.05, 4.69) is 5.32 Å². The van der Waals surface area contributed by atoms with Crippen molar-refractivity contribution in [2.24, 2.45) is 0 Å².